The molecular weight excluding hydrogens is 472 g/mol. The second-order valence-electron chi connectivity index (χ2n) is 8.60. The highest BCUT2D eigenvalue weighted by molar-refractivity contribution is 7.17. The molecule has 0 saturated carbocycles. The van der Waals surface area contributed by atoms with Crippen molar-refractivity contribution in [1.29, 1.82) is 0 Å². The molecule has 9 heteroatoms. The molecular formula is C27H22N6O2S. The van der Waals surface area contributed by atoms with E-state index in [-0.39, 0.29) is 11.8 Å². The van der Waals surface area contributed by atoms with Crippen molar-refractivity contribution in [2.75, 3.05) is 10.6 Å². The molecule has 4 heterocycles. The first kappa shape index (κ1) is 22.1. The first-order valence-electron chi connectivity index (χ1n) is 11.7. The van der Waals surface area contributed by atoms with E-state index in [2.05, 4.69) is 25.6 Å². The van der Waals surface area contributed by atoms with Gasteiger partial charge in [-0.3, -0.25) is 19.0 Å². The molecule has 1 aliphatic carbocycles. The summed E-state index contributed by atoms with van der Waals surface area (Å²) in [6.45, 7) is 0. The van der Waals surface area contributed by atoms with Crippen LogP contribution >= 0.6 is 11.3 Å². The Balaban J connectivity index is 1.25. The van der Waals surface area contributed by atoms with Crippen LogP contribution in [0.2, 0.25) is 0 Å². The van der Waals surface area contributed by atoms with E-state index in [4.69, 9.17) is 0 Å². The molecule has 0 bridgehead atoms. The number of imidazole rings is 1. The third kappa shape index (κ3) is 4.25. The van der Waals surface area contributed by atoms with Crippen molar-refractivity contribution < 1.29 is 9.59 Å². The minimum atomic E-state index is -0.276. The van der Waals surface area contributed by atoms with Crippen molar-refractivity contribution in [3.63, 3.8) is 0 Å². The maximum absolute atomic E-state index is 13.5. The minimum absolute atomic E-state index is 0.222. The second kappa shape index (κ2) is 9.35. The summed E-state index contributed by atoms with van der Waals surface area (Å²) in [5.41, 5.74) is 4.45. The lowest BCUT2D eigenvalue weighted by Crippen LogP contribution is -2.18. The van der Waals surface area contributed by atoms with Crippen molar-refractivity contribution >= 4 is 39.6 Å². The van der Waals surface area contributed by atoms with E-state index in [0.29, 0.717) is 27.6 Å². The molecule has 178 valence electrons. The van der Waals surface area contributed by atoms with Crippen LogP contribution in [0.5, 0.6) is 0 Å². The molecule has 36 heavy (non-hydrogen) atoms. The molecule has 1 aromatic carbocycles. The van der Waals surface area contributed by atoms with E-state index in [1.54, 1.807) is 24.5 Å². The number of nitrogens with zero attached hydrogens (tertiary/aromatic N) is 4. The van der Waals surface area contributed by atoms with Gasteiger partial charge in [-0.05, 0) is 61.6 Å². The molecule has 5 aromatic rings. The van der Waals surface area contributed by atoms with Gasteiger partial charge in [-0.25, -0.2) is 9.97 Å². The van der Waals surface area contributed by atoms with Gasteiger partial charge in [-0.1, -0.05) is 12.1 Å². The smallest absolute Gasteiger partial charge is 0.258 e. The van der Waals surface area contributed by atoms with Crippen LogP contribution < -0.4 is 10.6 Å². The first-order valence-corrected chi connectivity index (χ1v) is 12.5. The Morgan fingerprint density at radius 2 is 1.81 bits per heavy atom. The number of benzene rings is 1. The van der Waals surface area contributed by atoms with Crippen LogP contribution in [0.25, 0.3) is 17.0 Å². The number of hydrogen-bond acceptors (Lipinski definition) is 6. The SMILES string of the molecule is O=C(Nc1sc2c(c1C(=O)Nc1ccc(-c3cn4cccnc4n3)cc1)CCCC2)c1cccnc1. The highest BCUT2D eigenvalue weighted by atomic mass is 32.1. The van der Waals surface area contributed by atoms with Gasteiger partial charge in [0.05, 0.1) is 16.8 Å². The van der Waals surface area contributed by atoms with Gasteiger partial charge in [0.2, 0.25) is 5.78 Å². The molecule has 0 atom stereocenters. The standard InChI is InChI=1S/C27H22N6O2S/c34-24(18-5-3-12-28-15-18)32-26-23(20-6-1-2-7-22(20)36-26)25(35)30-19-10-8-17(9-11-19)21-16-33-14-4-13-29-27(33)31-21/h3-5,8-16H,1-2,6-7H2,(H,30,35)(H,32,34). The maximum Gasteiger partial charge on any atom is 0.258 e. The topological polar surface area (TPSA) is 101 Å². The molecule has 0 fully saturated rings. The Morgan fingerprint density at radius 1 is 0.944 bits per heavy atom. The zero-order valence-electron chi connectivity index (χ0n) is 19.3. The largest absolute Gasteiger partial charge is 0.322 e. The summed E-state index contributed by atoms with van der Waals surface area (Å²) >= 11 is 1.50. The lowest BCUT2D eigenvalue weighted by Gasteiger charge is -2.13. The molecule has 2 N–H and O–H groups in total. The van der Waals surface area contributed by atoms with Crippen LogP contribution in [0.1, 0.15) is 44.0 Å². The van der Waals surface area contributed by atoms with Crippen LogP contribution in [0.3, 0.4) is 0 Å². The zero-order chi connectivity index (χ0) is 24.5. The predicted octanol–water partition coefficient (Wildman–Crippen LogP) is 5.24. The summed E-state index contributed by atoms with van der Waals surface area (Å²) in [7, 11) is 0. The first-order chi connectivity index (χ1) is 17.7. The van der Waals surface area contributed by atoms with Gasteiger partial charge < -0.3 is 10.6 Å². The van der Waals surface area contributed by atoms with Crippen LogP contribution in [-0.2, 0) is 12.8 Å². The Kier molecular flexibility index (Phi) is 5.74. The molecule has 0 radical (unpaired) electrons. The number of fused-ring (bicyclic) bond motifs is 2. The summed E-state index contributed by atoms with van der Waals surface area (Å²) in [6.07, 6.45) is 12.5. The second-order valence-corrected chi connectivity index (χ2v) is 9.70. The molecule has 0 unspecified atom stereocenters. The molecule has 1 aliphatic rings. The van der Waals surface area contributed by atoms with E-state index in [0.717, 1.165) is 42.5 Å². The van der Waals surface area contributed by atoms with Crippen molar-refractivity contribution in [3.05, 3.63) is 95.0 Å². The van der Waals surface area contributed by atoms with Gasteiger partial charge in [0, 0.05) is 47.1 Å². The van der Waals surface area contributed by atoms with Crippen molar-refractivity contribution in [2.24, 2.45) is 0 Å². The summed E-state index contributed by atoms with van der Waals surface area (Å²) in [5.74, 6) is 0.135. The van der Waals surface area contributed by atoms with Gasteiger partial charge in [-0.15, -0.1) is 11.3 Å². The minimum Gasteiger partial charge on any atom is -0.322 e. The summed E-state index contributed by atoms with van der Waals surface area (Å²) in [6, 6.07) is 12.8. The number of anilines is 2. The number of carbonyl (C=O) groups is 2. The van der Waals surface area contributed by atoms with Crippen LogP contribution in [0, 0.1) is 0 Å². The summed E-state index contributed by atoms with van der Waals surface area (Å²) in [5, 5.41) is 6.56. The molecule has 6 rings (SSSR count). The Hall–Kier alpha value is -4.37. The fraction of sp³-hybridized carbons (Fsp3) is 0.148. The zero-order valence-corrected chi connectivity index (χ0v) is 20.1. The Bertz CT molecular complexity index is 1540. The molecule has 0 saturated heterocycles. The summed E-state index contributed by atoms with van der Waals surface area (Å²) < 4.78 is 1.87. The fourth-order valence-corrected chi connectivity index (χ4v) is 5.74. The number of carbonyl (C=O) groups excluding carboxylic acids is 2. The van der Waals surface area contributed by atoms with Crippen LogP contribution in [-0.4, -0.2) is 31.2 Å². The molecule has 4 aromatic heterocycles. The maximum atomic E-state index is 13.5. The van der Waals surface area contributed by atoms with Gasteiger partial charge in [0.15, 0.2) is 0 Å². The number of nitrogens with one attached hydrogen (secondary N) is 2. The van der Waals surface area contributed by atoms with Gasteiger partial charge in [-0.2, -0.15) is 0 Å². The highest BCUT2D eigenvalue weighted by Crippen LogP contribution is 2.39. The fourth-order valence-electron chi connectivity index (χ4n) is 4.45. The monoisotopic (exact) mass is 494 g/mol. The lowest BCUT2D eigenvalue weighted by molar-refractivity contribution is 0.102. The molecule has 0 spiro atoms. The van der Waals surface area contributed by atoms with E-state index in [1.807, 2.05) is 47.1 Å². The van der Waals surface area contributed by atoms with Crippen molar-refractivity contribution in [1.82, 2.24) is 19.4 Å². The third-order valence-corrected chi connectivity index (χ3v) is 7.43. The van der Waals surface area contributed by atoms with Gasteiger partial charge >= 0.3 is 0 Å². The van der Waals surface area contributed by atoms with Crippen molar-refractivity contribution in [2.45, 2.75) is 25.7 Å². The number of pyridine rings is 1. The Morgan fingerprint density at radius 3 is 2.61 bits per heavy atom. The third-order valence-electron chi connectivity index (χ3n) is 6.22. The van der Waals surface area contributed by atoms with E-state index < -0.39 is 0 Å². The predicted molar refractivity (Wildman–Crippen MR) is 140 cm³/mol. The number of rotatable bonds is 5. The lowest BCUT2D eigenvalue weighted by atomic mass is 9.95. The number of amides is 2. The van der Waals surface area contributed by atoms with Gasteiger partial charge in [0.25, 0.3) is 11.8 Å². The summed E-state index contributed by atoms with van der Waals surface area (Å²) in [4.78, 5) is 40.3. The van der Waals surface area contributed by atoms with E-state index in [1.165, 1.54) is 22.4 Å². The normalized spacial score (nSPS) is 12.8. The van der Waals surface area contributed by atoms with Gasteiger partial charge in [0.1, 0.15) is 5.00 Å². The highest BCUT2D eigenvalue weighted by Gasteiger charge is 2.26. The molecule has 0 aliphatic heterocycles. The van der Waals surface area contributed by atoms with E-state index >= 15 is 0 Å². The van der Waals surface area contributed by atoms with Crippen LogP contribution in [0.4, 0.5) is 10.7 Å². The van der Waals surface area contributed by atoms with Crippen LogP contribution in [0.15, 0.2) is 73.4 Å². The quantitative estimate of drug-likeness (QED) is 0.348. The number of thiophene rings is 1. The Labute approximate surface area is 211 Å². The molecule has 2 amide bonds. The van der Waals surface area contributed by atoms with Crippen molar-refractivity contribution in [3.8, 4) is 11.3 Å². The molecule has 8 nitrogen and oxygen atoms in total. The average Bonchev–Trinajstić information content (AvgIpc) is 3.51. The number of aromatic nitrogens is 4. The number of aryl methyl sites for hydroxylation is 1. The van der Waals surface area contributed by atoms with E-state index in [9.17, 15) is 9.59 Å². The number of hydrogen-bond donors (Lipinski definition) is 2. The average molecular weight is 495 g/mol.